The van der Waals surface area contributed by atoms with Gasteiger partial charge in [0.2, 0.25) is 0 Å². The first-order valence-electron chi connectivity index (χ1n) is 8.00. The molecule has 0 radical (unpaired) electrons. The van der Waals surface area contributed by atoms with Crippen LogP contribution in [0.2, 0.25) is 0 Å². The van der Waals surface area contributed by atoms with Gasteiger partial charge in [0, 0.05) is 21.3 Å². The van der Waals surface area contributed by atoms with Gasteiger partial charge in [0.1, 0.15) is 0 Å². The number of piperidine rings is 1. The van der Waals surface area contributed by atoms with Gasteiger partial charge in [-0.3, -0.25) is 0 Å². The second-order valence-electron chi connectivity index (χ2n) is 6.37. The molecule has 3 heteroatoms. The largest absolute Gasteiger partial charge is 0.382 e. The molecule has 1 aliphatic heterocycles. The molecule has 3 atom stereocenters. The average molecular weight is 384 g/mol. The minimum absolute atomic E-state index is 0.657. The summed E-state index contributed by atoms with van der Waals surface area (Å²) in [6.45, 7) is 3.40. The van der Waals surface area contributed by atoms with Crippen molar-refractivity contribution >= 4 is 28.3 Å². The van der Waals surface area contributed by atoms with E-state index in [9.17, 15) is 0 Å². The van der Waals surface area contributed by atoms with Crippen LogP contribution in [-0.2, 0) is 0 Å². The molecule has 0 amide bonds. The smallest absolute Gasteiger partial charge is 0.0353 e. The molecule has 2 fully saturated rings. The van der Waals surface area contributed by atoms with Crippen molar-refractivity contribution in [1.82, 2.24) is 5.32 Å². The molecule has 1 aromatic rings. The van der Waals surface area contributed by atoms with Gasteiger partial charge in [-0.25, -0.2) is 0 Å². The topological polar surface area (TPSA) is 24.1 Å². The Hall–Kier alpha value is -0.290. The lowest BCUT2D eigenvalue weighted by atomic mass is 9.88. The van der Waals surface area contributed by atoms with Crippen LogP contribution in [0, 0.1) is 16.4 Å². The van der Waals surface area contributed by atoms with Crippen LogP contribution in [0.15, 0.2) is 18.2 Å². The van der Waals surface area contributed by atoms with Crippen molar-refractivity contribution < 1.29 is 0 Å². The Balaban J connectivity index is 1.67. The van der Waals surface area contributed by atoms with E-state index in [1.54, 1.807) is 0 Å². The fraction of sp³-hybridized carbons (Fsp3) is 0.647. The predicted molar refractivity (Wildman–Crippen MR) is 94.3 cm³/mol. The van der Waals surface area contributed by atoms with Crippen LogP contribution in [-0.4, -0.2) is 18.6 Å². The molecule has 1 aromatic carbocycles. The quantitative estimate of drug-likeness (QED) is 0.759. The molecular formula is C17H25IN2. The zero-order valence-electron chi connectivity index (χ0n) is 12.3. The Bertz CT molecular complexity index is 454. The van der Waals surface area contributed by atoms with Crippen molar-refractivity contribution in [2.75, 3.05) is 11.9 Å². The Labute approximate surface area is 136 Å². The Morgan fingerprint density at radius 1 is 1.15 bits per heavy atom. The fourth-order valence-electron chi connectivity index (χ4n) is 3.79. The highest BCUT2D eigenvalue weighted by Gasteiger charge is 2.34. The molecule has 20 heavy (non-hydrogen) atoms. The highest BCUT2D eigenvalue weighted by Crippen LogP contribution is 2.34. The van der Waals surface area contributed by atoms with Crippen molar-refractivity contribution in [3.05, 3.63) is 27.3 Å². The van der Waals surface area contributed by atoms with Crippen LogP contribution in [0.1, 0.15) is 44.1 Å². The summed E-state index contributed by atoms with van der Waals surface area (Å²) in [7, 11) is 0. The number of halogens is 1. The second-order valence-corrected chi connectivity index (χ2v) is 7.53. The minimum atomic E-state index is 0.657. The molecule has 0 spiro atoms. The van der Waals surface area contributed by atoms with Gasteiger partial charge in [0.05, 0.1) is 0 Å². The van der Waals surface area contributed by atoms with Gasteiger partial charge < -0.3 is 10.6 Å². The first-order valence-corrected chi connectivity index (χ1v) is 9.08. The Kier molecular flexibility index (Phi) is 4.87. The molecule has 1 saturated heterocycles. The monoisotopic (exact) mass is 384 g/mol. The van der Waals surface area contributed by atoms with Crippen molar-refractivity contribution in [3.8, 4) is 0 Å². The van der Waals surface area contributed by atoms with E-state index < -0.39 is 0 Å². The molecule has 2 nitrogen and oxygen atoms in total. The second kappa shape index (κ2) is 6.65. The Morgan fingerprint density at radius 3 is 2.80 bits per heavy atom. The minimum Gasteiger partial charge on any atom is -0.382 e. The maximum Gasteiger partial charge on any atom is 0.0353 e. The number of benzene rings is 1. The molecule has 0 aromatic heterocycles. The van der Waals surface area contributed by atoms with Gasteiger partial charge in [-0.15, -0.1) is 0 Å². The molecule has 110 valence electrons. The van der Waals surface area contributed by atoms with Gasteiger partial charge >= 0.3 is 0 Å². The zero-order valence-corrected chi connectivity index (χ0v) is 14.4. The number of rotatable bonds is 3. The third-order valence-electron chi connectivity index (χ3n) is 4.96. The van der Waals surface area contributed by atoms with E-state index in [0.29, 0.717) is 6.04 Å². The van der Waals surface area contributed by atoms with Gasteiger partial charge in [-0.2, -0.15) is 0 Å². The molecule has 3 rings (SSSR count). The Morgan fingerprint density at radius 2 is 2.05 bits per heavy atom. The van der Waals surface area contributed by atoms with E-state index in [2.05, 4.69) is 58.3 Å². The summed E-state index contributed by atoms with van der Waals surface area (Å²) in [5.74, 6) is 0.814. The summed E-state index contributed by atoms with van der Waals surface area (Å²) >= 11 is 2.43. The molecule has 2 aliphatic rings. The van der Waals surface area contributed by atoms with Crippen LogP contribution in [0.5, 0.6) is 0 Å². The molecule has 1 saturated carbocycles. The fourth-order valence-corrected chi connectivity index (χ4v) is 4.31. The average Bonchev–Trinajstić information content (AvgIpc) is 2.92. The summed E-state index contributed by atoms with van der Waals surface area (Å²) in [6, 6.07) is 8.16. The third kappa shape index (κ3) is 3.30. The van der Waals surface area contributed by atoms with E-state index in [1.165, 1.54) is 59.9 Å². The first kappa shape index (κ1) is 14.6. The number of anilines is 1. The molecule has 1 heterocycles. The standard InChI is InChI=1S/C17H25IN2/c1-12-8-9-13(11-15(12)18)20-17-7-4-5-14(17)16-6-2-3-10-19-16/h8-9,11,14,16-17,19-20H,2-7,10H2,1H3. The zero-order chi connectivity index (χ0) is 13.9. The predicted octanol–water partition coefficient (Wildman–Crippen LogP) is 4.32. The number of aryl methyl sites for hydroxylation is 1. The lowest BCUT2D eigenvalue weighted by Gasteiger charge is -2.33. The SMILES string of the molecule is Cc1ccc(NC2CCCC2C2CCCCN2)cc1I. The van der Waals surface area contributed by atoms with Crippen LogP contribution in [0.25, 0.3) is 0 Å². The van der Waals surface area contributed by atoms with Crippen LogP contribution < -0.4 is 10.6 Å². The van der Waals surface area contributed by atoms with Gasteiger partial charge in [0.15, 0.2) is 0 Å². The first-order chi connectivity index (χ1) is 9.74. The normalized spacial score (nSPS) is 30.4. The molecule has 1 aliphatic carbocycles. The van der Waals surface area contributed by atoms with Gasteiger partial charge in [0.25, 0.3) is 0 Å². The lowest BCUT2D eigenvalue weighted by molar-refractivity contribution is 0.286. The van der Waals surface area contributed by atoms with Crippen molar-refractivity contribution in [1.29, 1.82) is 0 Å². The summed E-state index contributed by atoms with van der Waals surface area (Å²) in [5.41, 5.74) is 2.67. The lowest BCUT2D eigenvalue weighted by Crippen LogP contribution is -2.44. The molecule has 0 bridgehead atoms. The van der Waals surface area contributed by atoms with Crippen molar-refractivity contribution in [3.63, 3.8) is 0 Å². The van der Waals surface area contributed by atoms with Crippen molar-refractivity contribution in [2.45, 2.75) is 57.5 Å². The number of hydrogen-bond donors (Lipinski definition) is 2. The number of hydrogen-bond acceptors (Lipinski definition) is 2. The van der Waals surface area contributed by atoms with Crippen molar-refractivity contribution in [2.24, 2.45) is 5.92 Å². The maximum absolute atomic E-state index is 3.81. The number of nitrogens with one attached hydrogen (secondary N) is 2. The van der Waals surface area contributed by atoms with E-state index in [4.69, 9.17) is 0 Å². The third-order valence-corrected chi connectivity index (χ3v) is 6.12. The summed E-state index contributed by atoms with van der Waals surface area (Å²) in [4.78, 5) is 0. The highest BCUT2D eigenvalue weighted by molar-refractivity contribution is 14.1. The van der Waals surface area contributed by atoms with Crippen LogP contribution in [0.4, 0.5) is 5.69 Å². The van der Waals surface area contributed by atoms with E-state index in [0.717, 1.165) is 12.0 Å². The summed E-state index contributed by atoms with van der Waals surface area (Å²) < 4.78 is 1.36. The van der Waals surface area contributed by atoms with E-state index in [-0.39, 0.29) is 0 Å². The van der Waals surface area contributed by atoms with E-state index in [1.807, 2.05) is 0 Å². The van der Waals surface area contributed by atoms with E-state index >= 15 is 0 Å². The van der Waals surface area contributed by atoms with Gasteiger partial charge in [-0.05, 0) is 85.4 Å². The van der Waals surface area contributed by atoms with Crippen LogP contribution in [0.3, 0.4) is 0 Å². The van der Waals surface area contributed by atoms with Crippen LogP contribution >= 0.6 is 22.6 Å². The summed E-state index contributed by atoms with van der Waals surface area (Å²) in [5, 5.41) is 7.57. The van der Waals surface area contributed by atoms with Gasteiger partial charge in [-0.1, -0.05) is 18.9 Å². The maximum atomic E-state index is 3.81. The molecule has 2 N–H and O–H groups in total. The molecule has 3 unspecified atom stereocenters. The highest BCUT2D eigenvalue weighted by atomic mass is 127. The summed E-state index contributed by atoms with van der Waals surface area (Å²) in [6.07, 6.45) is 8.23. The molecular weight excluding hydrogens is 359 g/mol.